The quantitative estimate of drug-likeness (QED) is 0.929. The molecule has 2 rings (SSSR count). The van der Waals surface area contributed by atoms with Gasteiger partial charge in [0.1, 0.15) is 5.54 Å². The van der Waals surface area contributed by atoms with Crippen molar-refractivity contribution in [3.8, 4) is 0 Å². The molecule has 0 bridgehead atoms. The van der Waals surface area contributed by atoms with E-state index in [9.17, 15) is 9.59 Å². The van der Waals surface area contributed by atoms with Crippen LogP contribution in [0.2, 0.25) is 4.34 Å². The van der Waals surface area contributed by atoms with Gasteiger partial charge in [-0.15, -0.1) is 11.3 Å². The lowest BCUT2D eigenvalue weighted by Gasteiger charge is -2.33. The van der Waals surface area contributed by atoms with Gasteiger partial charge < -0.3 is 10.2 Å². The minimum atomic E-state index is -0.755. The molecule has 0 radical (unpaired) electrons. The first-order chi connectivity index (χ1) is 9.50. The molecule has 0 unspecified atom stereocenters. The summed E-state index contributed by atoms with van der Waals surface area (Å²) < 4.78 is 0.716. The fraction of sp³-hybridized carbons (Fsp3) is 0.571. The van der Waals surface area contributed by atoms with Crippen molar-refractivity contribution in [2.24, 2.45) is 0 Å². The molecule has 20 heavy (non-hydrogen) atoms. The largest absolute Gasteiger partial charge is 0.342 e. The Kier molecular flexibility index (Phi) is 4.70. The summed E-state index contributed by atoms with van der Waals surface area (Å²) >= 11 is 7.40. The summed E-state index contributed by atoms with van der Waals surface area (Å²) in [5.41, 5.74) is -0.755. The third-order valence-corrected chi connectivity index (χ3v) is 5.08. The Hall–Kier alpha value is -1.07. The monoisotopic (exact) mass is 314 g/mol. The maximum absolute atomic E-state index is 12.8. The van der Waals surface area contributed by atoms with Crippen molar-refractivity contribution in [3.63, 3.8) is 0 Å². The van der Waals surface area contributed by atoms with Gasteiger partial charge in [-0.2, -0.15) is 0 Å². The second kappa shape index (κ2) is 6.14. The van der Waals surface area contributed by atoms with Gasteiger partial charge in [-0.1, -0.05) is 25.4 Å². The molecule has 1 saturated heterocycles. The Morgan fingerprint density at radius 3 is 2.60 bits per heavy atom. The summed E-state index contributed by atoms with van der Waals surface area (Å²) in [6.07, 6.45) is 1.57. The van der Waals surface area contributed by atoms with E-state index in [4.69, 9.17) is 11.6 Å². The third kappa shape index (κ3) is 2.99. The van der Waals surface area contributed by atoms with E-state index < -0.39 is 5.54 Å². The van der Waals surface area contributed by atoms with E-state index in [2.05, 4.69) is 5.32 Å². The van der Waals surface area contributed by atoms with Gasteiger partial charge in [-0.25, -0.2) is 0 Å². The number of nitrogens with zero attached hydrogens (tertiary/aromatic N) is 1. The Bertz CT molecular complexity index is 511. The summed E-state index contributed by atoms with van der Waals surface area (Å²) in [5.74, 6) is -0.0355. The van der Waals surface area contributed by atoms with Crippen molar-refractivity contribution in [1.82, 2.24) is 10.2 Å². The van der Waals surface area contributed by atoms with Crippen LogP contribution in [0.4, 0.5) is 0 Å². The maximum atomic E-state index is 12.8. The fourth-order valence-corrected chi connectivity index (χ4v) is 3.63. The van der Waals surface area contributed by atoms with E-state index in [1.807, 2.05) is 26.0 Å². The molecule has 1 aliphatic rings. The topological polar surface area (TPSA) is 49.4 Å². The number of hydrogen-bond donors (Lipinski definition) is 1. The summed E-state index contributed by atoms with van der Waals surface area (Å²) in [5, 5.41) is 2.91. The molecule has 6 heteroatoms. The predicted molar refractivity (Wildman–Crippen MR) is 80.8 cm³/mol. The van der Waals surface area contributed by atoms with Gasteiger partial charge in [0.2, 0.25) is 11.8 Å². The fourth-order valence-electron chi connectivity index (χ4n) is 2.53. The SMILES string of the molecule is CCC1(CC)NC(=O)CCN(Cc2ccc(Cl)s2)C1=O. The van der Waals surface area contributed by atoms with Crippen LogP contribution in [0.25, 0.3) is 0 Å². The Labute approximate surface area is 128 Å². The van der Waals surface area contributed by atoms with Gasteiger partial charge in [0, 0.05) is 17.8 Å². The van der Waals surface area contributed by atoms with E-state index in [1.54, 1.807) is 4.90 Å². The lowest BCUT2D eigenvalue weighted by atomic mass is 9.91. The first-order valence-electron chi connectivity index (χ1n) is 6.85. The Balaban J connectivity index is 2.23. The lowest BCUT2D eigenvalue weighted by molar-refractivity contribution is -0.139. The summed E-state index contributed by atoms with van der Waals surface area (Å²) in [7, 11) is 0. The predicted octanol–water partition coefficient (Wildman–Crippen LogP) is 2.81. The van der Waals surface area contributed by atoms with Gasteiger partial charge in [0.05, 0.1) is 10.9 Å². The number of amides is 2. The highest BCUT2D eigenvalue weighted by Gasteiger charge is 2.41. The molecule has 0 saturated carbocycles. The van der Waals surface area contributed by atoms with E-state index in [0.29, 0.717) is 36.7 Å². The van der Waals surface area contributed by atoms with Crippen LogP contribution in [0.5, 0.6) is 0 Å². The highest BCUT2D eigenvalue weighted by atomic mass is 35.5. The van der Waals surface area contributed by atoms with Gasteiger partial charge in [0.25, 0.3) is 0 Å². The number of hydrogen-bond acceptors (Lipinski definition) is 3. The lowest BCUT2D eigenvalue weighted by Crippen LogP contribution is -2.56. The molecule has 4 nitrogen and oxygen atoms in total. The van der Waals surface area contributed by atoms with E-state index in [-0.39, 0.29) is 11.8 Å². The Morgan fingerprint density at radius 1 is 1.35 bits per heavy atom. The molecule has 1 N–H and O–H groups in total. The van der Waals surface area contributed by atoms with E-state index >= 15 is 0 Å². The van der Waals surface area contributed by atoms with Crippen molar-refractivity contribution < 1.29 is 9.59 Å². The van der Waals surface area contributed by atoms with E-state index in [1.165, 1.54) is 11.3 Å². The summed E-state index contributed by atoms with van der Waals surface area (Å²) in [6.45, 7) is 4.86. The molecular weight excluding hydrogens is 296 g/mol. The van der Waals surface area contributed by atoms with Crippen molar-refractivity contribution >= 4 is 34.8 Å². The van der Waals surface area contributed by atoms with Gasteiger partial charge in [-0.05, 0) is 25.0 Å². The minimum absolute atomic E-state index is 0.0119. The van der Waals surface area contributed by atoms with Crippen LogP contribution in [-0.2, 0) is 16.1 Å². The van der Waals surface area contributed by atoms with Crippen LogP contribution in [0, 0.1) is 0 Å². The number of thiophene rings is 1. The average molecular weight is 315 g/mol. The average Bonchev–Trinajstić information content (AvgIpc) is 2.80. The zero-order valence-electron chi connectivity index (χ0n) is 11.7. The molecule has 2 heterocycles. The Morgan fingerprint density at radius 2 is 2.05 bits per heavy atom. The first-order valence-corrected chi connectivity index (χ1v) is 8.05. The highest BCUT2D eigenvalue weighted by Crippen LogP contribution is 2.26. The van der Waals surface area contributed by atoms with E-state index in [0.717, 1.165) is 4.88 Å². The second-order valence-electron chi connectivity index (χ2n) is 5.02. The van der Waals surface area contributed by atoms with Crippen molar-refractivity contribution in [2.45, 2.75) is 45.2 Å². The number of carbonyl (C=O) groups is 2. The van der Waals surface area contributed by atoms with Gasteiger partial charge >= 0.3 is 0 Å². The number of rotatable bonds is 4. The van der Waals surface area contributed by atoms with Gasteiger partial charge in [0.15, 0.2) is 0 Å². The van der Waals surface area contributed by atoms with Crippen LogP contribution in [-0.4, -0.2) is 28.8 Å². The maximum Gasteiger partial charge on any atom is 0.248 e. The zero-order valence-corrected chi connectivity index (χ0v) is 13.3. The molecule has 1 aromatic rings. The highest BCUT2D eigenvalue weighted by molar-refractivity contribution is 7.16. The van der Waals surface area contributed by atoms with Gasteiger partial charge in [-0.3, -0.25) is 9.59 Å². The third-order valence-electron chi connectivity index (χ3n) is 3.87. The van der Waals surface area contributed by atoms with Crippen LogP contribution in [0.15, 0.2) is 12.1 Å². The van der Waals surface area contributed by atoms with Crippen molar-refractivity contribution in [1.29, 1.82) is 0 Å². The summed E-state index contributed by atoms with van der Waals surface area (Å²) in [4.78, 5) is 27.4. The van der Waals surface area contributed by atoms with Crippen molar-refractivity contribution in [2.75, 3.05) is 6.54 Å². The van der Waals surface area contributed by atoms with Crippen molar-refractivity contribution in [3.05, 3.63) is 21.3 Å². The number of carbonyl (C=O) groups excluding carboxylic acids is 2. The molecule has 110 valence electrons. The normalized spacial score (nSPS) is 18.9. The molecule has 0 atom stereocenters. The molecule has 1 aromatic heterocycles. The molecule has 0 aliphatic carbocycles. The van der Waals surface area contributed by atoms with Crippen LogP contribution in [0.3, 0.4) is 0 Å². The standard InChI is InChI=1S/C14H19ClN2O2S/c1-3-14(4-2)13(19)17(8-7-12(18)16-14)9-10-5-6-11(15)20-10/h5-6H,3-4,7-9H2,1-2H3,(H,16,18). The molecule has 0 aromatic carbocycles. The zero-order chi connectivity index (χ0) is 14.8. The first kappa shape index (κ1) is 15.3. The smallest absolute Gasteiger partial charge is 0.248 e. The molecule has 1 aliphatic heterocycles. The second-order valence-corrected chi connectivity index (χ2v) is 6.82. The molecule has 0 spiro atoms. The minimum Gasteiger partial charge on any atom is -0.342 e. The van der Waals surface area contributed by atoms with Crippen LogP contribution >= 0.6 is 22.9 Å². The molecular formula is C14H19ClN2O2S. The molecule has 2 amide bonds. The number of halogens is 1. The van der Waals surface area contributed by atoms with Crippen LogP contribution in [0.1, 0.15) is 38.0 Å². The van der Waals surface area contributed by atoms with Crippen LogP contribution < -0.4 is 5.32 Å². The molecule has 1 fully saturated rings. The number of nitrogens with one attached hydrogen (secondary N) is 1. The summed E-state index contributed by atoms with van der Waals surface area (Å²) in [6, 6.07) is 3.76.